The van der Waals surface area contributed by atoms with Crippen molar-refractivity contribution in [1.82, 2.24) is 16.0 Å². The van der Waals surface area contributed by atoms with Crippen molar-refractivity contribution in [1.29, 1.82) is 0 Å². The fraction of sp³-hybridized carbons (Fsp3) is 0.667. The Kier molecular flexibility index (Phi) is 33.8. The van der Waals surface area contributed by atoms with Crippen LogP contribution in [0.25, 0.3) is 0 Å². The first-order valence-electron chi connectivity index (χ1n) is 18.8. The Labute approximate surface area is 342 Å². The van der Waals surface area contributed by atoms with E-state index in [2.05, 4.69) is 16.0 Å². The van der Waals surface area contributed by atoms with Gasteiger partial charge < -0.3 is 68.1 Å². The SMILES string of the molecule is O=C(NCCOCCOCCOC(=O)NCCOCCOCCCCCCCl)OC/C=C/COC(=O)NCCOCCOCCOC(=O)Oc1ccc([N+](=O)[O-])cc1. The van der Waals surface area contributed by atoms with Crippen molar-refractivity contribution in [2.75, 3.05) is 131 Å². The maximum absolute atomic E-state index is 11.7. The number of amides is 3. The summed E-state index contributed by atoms with van der Waals surface area (Å²) in [6.45, 7) is 4.48. The van der Waals surface area contributed by atoms with Crippen LogP contribution in [-0.4, -0.2) is 161 Å². The molecule has 58 heavy (non-hydrogen) atoms. The van der Waals surface area contributed by atoms with Crippen LogP contribution in [0.1, 0.15) is 25.7 Å². The van der Waals surface area contributed by atoms with Gasteiger partial charge in [0.1, 0.15) is 32.2 Å². The number of hydrogen-bond acceptors (Lipinski definition) is 17. The average molecular weight is 853 g/mol. The zero-order valence-corrected chi connectivity index (χ0v) is 33.5. The second-order valence-electron chi connectivity index (χ2n) is 11.3. The third-order valence-electron chi connectivity index (χ3n) is 6.78. The van der Waals surface area contributed by atoms with E-state index in [0.717, 1.165) is 25.7 Å². The second-order valence-corrected chi connectivity index (χ2v) is 11.7. The van der Waals surface area contributed by atoms with E-state index in [1.54, 1.807) is 0 Å². The second kappa shape index (κ2) is 38.0. The van der Waals surface area contributed by atoms with Crippen molar-refractivity contribution in [3.8, 4) is 5.75 Å². The van der Waals surface area contributed by atoms with Crippen molar-refractivity contribution in [2.45, 2.75) is 25.7 Å². The Morgan fingerprint density at radius 2 is 0.948 bits per heavy atom. The van der Waals surface area contributed by atoms with Crippen LogP contribution in [0, 0.1) is 10.1 Å². The highest BCUT2D eigenvalue weighted by Crippen LogP contribution is 2.17. The lowest BCUT2D eigenvalue weighted by Gasteiger charge is -2.09. The maximum Gasteiger partial charge on any atom is 0.513 e. The molecule has 1 aromatic rings. The van der Waals surface area contributed by atoms with Crippen molar-refractivity contribution < 1.29 is 76.2 Å². The quantitative estimate of drug-likeness (QED) is 0.0127. The molecule has 0 aromatic heterocycles. The zero-order valence-electron chi connectivity index (χ0n) is 32.7. The minimum atomic E-state index is -0.974. The third-order valence-corrected chi connectivity index (χ3v) is 7.05. The monoisotopic (exact) mass is 852 g/mol. The minimum Gasteiger partial charge on any atom is -0.447 e. The van der Waals surface area contributed by atoms with Gasteiger partial charge in [0.15, 0.2) is 0 Å². The van der Waals surface area contributed by atoms with E-state index in [4.69, 9.17) is 63.7 Å². The van der Waals surface area contributed by atoms with E-state index in [-0.39, 0.29) is 104 Å². The topological polar surface area (TPSA) is 249 Å². The molecule has 0 heterocycles. The van der Waals surface area contributed by atoms with E-state index < -0.39 is 29.4 Å². The predicted molar refractivity (Wildman–Crippen MR) is 206 cm³/mol. The molecule has 0 atom stereocenters. The summed E-state index contributed by atoms with van der Waals surface area (Å²) < 4.78 is 56.8. The molecule has 1 rings (SSSR count). The summed E-state index contributed by atoms with van der Waals surface area (Å²) in [5.41, 5.74) is -0.134. The molecule has 0 saturated carbocycles. The van der Waals surface area contributed by atoms with Crippen LogP contribution in [-0.2, 0) is 47.4 Å². The van der Waals surface area contributed by atoms with Gasteiger partial charge in [-0.25, -0.2) is 19.2 Å². The van der Waals surface area contributed by atoms with E-state index in [1.165, 1.54) is 36.4 Å². The van der Waals surface area contributed by atoms with Crippen LogP contribution in [0.4, 0.5) is 24.9 Å². The van der Waals surface area contributed by atoms with E-state index in [1.807, 2.05) is 0 Å². The number of nitrogens with zero attached hydrogens (tertiary/aromatic N) is 1. The molecule has 0 aliphatic rings. The van der Waals surface area contributed by atoms with Crippen LogP contribution in [0.3, 0.4) is 0 Å². The standard InChI is InChI=1S/C36H57ClN4O17/c37-11-3-1-2-4-15-48-21-22-49-20-14-40-35(44)56-29-27-52-25-23-50-18-12-38-33(42)54-16-5-6-17-55-34(43)39-13-19-51-24-26-53-28-30-57-36(45)58-32-9-7-31(8-10-32)41(46)47/h5-10H,1-4,11-30H2,(H,38,42)(H,39,43)(H,40,44)/b6-5+. The first-order valence-corrected chi connectivity index (χ1v) is 19.3. The van der Waals surface area contributed by atoms with Crippen molar-refractivity contribution in [3.63, 3.8) is 0 Å². The largest absolute Gasteiger partial charge is 0.513 e. The van der Waals surface area contributed by atoms with E-state index in [9.17, 15) is 29.3 Å². The molecule has 0 saturated heterocycles. The number of nitro benzene ring substituents is 1. The Hall–Kier alpha value is -4.51. The van der Waals surface area contributed by atoms with Gasteiger partial charge in [-0.1, -0.05) is 12.8 Å². The van der Waals surface area contributed by atoms with Gasteiger partial charge in [-0.15, -0.1) is 11.6 Å². The molecule has 0 unspecified atom stereocenters. The molecule has 0 fully saturated rings. The van der Waals surface area contributed by atoms with E-state index >= 15 is 0 Å². The van der Waals surface area contributed by atoms with Crippen LogP contribution >= 0.6 is 11.6 Å². The highest BCUT2D eigenvalue weighted by molar-refractivity contribution is 6.17. The summed E-state index contributed by atoms with van der Waals surface area (Å²) in [7, 11) is 0. The fourth-order valence-electron chi connectivity index (χ4n) is 3.97. The van der Waals surface area contributed by atoms with Gasteiger partial charge in [0.05, 0.1) is 77.6 Å². The molecule has 3 N–H and O–H groups in total. The van der Waals surface area contributed by atoms with Gasteiger partial charge in [0.2, 0.25) is 0 Å². The van der Waals surface area contributed by atoms with Crippen molar-refractivity contribution >= 4 is 41.7 Å². The van der Waals surface area contributed by atoms with Gasteiger partial charge >= 0.3 is 24.4 Å². The first-order chi connectivity index (χ1) is 28.3. The van der Waals surface area contributed by atoms with Crippen molar-refractivity contribution in [2.24, 2.45) is 0 Å². The number of nitro groups is 1. The number of carbonyl (C=O) groups is 4. The normalized spacial score (nSPS) is 10.8. The number of non-ortho nitro benzene ring substituents is 1. The van der Waals surface area contributed by atoms with Gasteiger partial charge in [-0.3, -0.25) is 10.1 Å². The number of unbranched alkanes of at least 4 members (excludes halogenated alkanes) is 3. The number of rotatable bonds is 36. The lowest BCUT2D eigenvalue weighted by Crippen LogP contribution is -2.29. The number of alkyl halides is 1. The first kappa shape index (κ1) is 51.5. The lowest BCUT2D eigenvalue weighted by molar-refractivity contribution is -0.384. The summed E-state index contributed by atoms with van der Waals surface area (Å²) >= 11 is 5.64. The molecule has 0 bridgehead atoms. The minimum absolute atomic E-state index is 0.0280. The van der Waals surface area contributed by atoms with Gasteiger partial charge in [0.25, 0.3) is 5.69 Å². The summed E-state index contributed by atoms with van der Waals surface area (Å²) in [5.74, 6) is 0.803. The molecular weight excluding hydrogens is 796 g/mol. The molecule has 21 nitrogen and oxygen atoms in total. The molecule has 1 aromatic carbocycles. The summed E-state index contributed by atoms with van der Waals surface area (Å²) in [6.07, 6.45) is 4.48. The fourth-order valence-corrected chi connectivity index (χ4v) is 4.16. The molecular formula is C36H57ClN4O17. The molecule has 0 spiro atoms. The number of benzene rings is 1. The maximum atomic E-state index is 11.7. The smallest absolute Gasteiger partial charge is 0.447 e. The molecule has 22 heteroatoms. The molecule has 330 valence electrons. The number of halogens is 1. The summed E-state index contributed by atoms with van der Waals surface area (Å²) in [6, 6.07) is 4.96. The average Bonchev–Trinajstić information content (AvgIpc) is 3.21. The van der Waals surface area contributed by atoms with Crippen LogP contribution < -0.4 is 20.7 Å². The van der Waals surface area contributed by atoms with E-state index in [0.29, 0.717) is 38.9 Å². The van der Waals surface area contributed by atoms with Crippen LogP contribution in [0.2, 0.25) is 0 Å². The Bertz CT molecular complexity index is 1260. The Balaban J connectivity index is 1.80. The molecule has 0 radical (unpaired) electrons. The van der Waals surface area contributed by atoms with Crippen LogP contribution in [0.15, 0.2) is 36.4 Å². The predicted octanol–water partition coefficient (Wildman–Crippen LogP) is 3.74. The summed E-state index contributed by atoms with van der Waals surface area (Å²) in [5, 5.41) is 18.3. The highest BCUT2D eigenvalue weighted by atomic mass is 35.5. The third kappa shape index (κ3) is 33.6. The zero-order chi connectivity index (χ0) is 42.2. The number of nitrogens with one attached hydrogen (secondary N) is 3. The van der Waals surface area contributed by atoms with Gasteiger partial charge in [-0.05, 0) is 37.1 Å². The van der Waals surface area contributed by atoms with Gasteiger partial charge in [0, 0.05) is 44.3 Å². The van der Waals surface area contributed by atoms with Crippen molar-refractivity contribution in [3.05, 3.63) is 46.5 Å². The number of alkyl carbamates (subject to hydrolysis) is 3. The number of ether oxygens (including phenoxy) is 11. The lowest BCUT2D eigenvalue weighted by atomic mass is 10.2. The summed E-state index contributed by atoms with van der Waals surface area (Å²) in [4.78, 5) is 56.8. The number of hydrogen-bond donors (Lipinski definition) is 3. The highest BCUT2D eigenvalue weighted by Gasteiger charge is 2.09. The molecule has 3 amide bonds. The van der Waals surface area contributed by atoms with Crippen LogP contribution in [0.5, 0.6) is 5.75 Å². The number of carbonyl (C=O) groups excluding carboxylic acids is 4. The molecule has 0 aliphatic heterocycles. The van der Waals surface area contributed by atoms with Gasteiger partial charge in [-0.2, -0.15) is 0 Å². The Morgan fingerprint density at radius 1 is 0.534 bits per heavy atom. The molecule has 0 aliphatic carbocycles. The Morgan fingerprint density at radius 3 is 1.43 bits per heavy atom.